The molecule has 0 saturated carbocycles. The van der Waals surface area contributed by atoms with E-state index in [4.69, 9.17) is 4.74 Å². The minimum atomic E-state index is -0.365. The molecule has 4 aromatic carbocycles. The van der Waals surface area contributed by atoms with Gasteiger partial charge in [-0.2, -0.15) is 10.2 Å². The molecule has 0 atom stereocenters. The Morgan fingerprint density at radius 3 is 2.24 bits per heavy atom. The fourth-order valence-electron chi connectivity index (χ4n) is 3.87. The van der Waals surface area contributed by atoms with Crippen LogP contribution in [0.4, 0.5) is 0 Å². The molecule has 6 heteroatoms. The van der Waals surface area contributed by atoms with E-state index in [2.05, 4.69) is 32.9 Å². The van der Waals surface area contributed by atoms with Crippen molar-refractivity contribution >= 4 is 11.6 Å². The molecule has 182 valence electrons. The van der Waals surface area contributed by atoms with Gasteiger partial charge in [-0.15, -0.1) is 0 Å². The Balaban J connectivity index is 1.21. The number of aromatic amines is 1. The molecule has 5 aromatic rings. The van der Waals surface area contributed by atoms with E-state index in [0.29, 0.717) is 23.7 Å². The van der Waals surface area contributed by atoms with Crippen molar-refractivity contribution in [1.82, 2.24) is 15.6 Å². The number of aromatic nitrogens is 2. The third kappa shape index (κ3) is 6.00. The van der Waals surface area contributed by atoms with Gasteiger partial charge in [-0.05, 0) is 47.4 Å². The molecule has 5 rings (SSSR count). The molecular formula is C31H26N4O2. The van der Waals surface area contributed by atoms with E-state index in [9.17, 15) is 4.79 Å². The van der Waals surface area contributed by atoms with E-state index in [-0.39, 0.29) is 5.91 Å². The van der Waals surface area contributed by atoms with E-state index < -0.39 is 0 Å². The number of nitrogens with one attached hydrogen (secondary N) is 2. The standard InChI is InChI=1S/C31H26N4O2/c1-22(24-15-17-26(18-16-24)25-11-6-3-7-12-25)32-35-31(36)30-20-29(33-34-30)27-13-8-14-28(19-27)37-21-23-9-4-2-5-10-23/h2-20H,21H2,1H3,(H,33,34)(H,35,36). The van der Waals surface area contributed by atoms with Crippen LogP contribution < -0.4 is 10.2 Å². The van der Waals surface area contributed by atoms with E-state index in [1.54, 1.807) is 6.07 Å². The lowest BCUT2D eigenvalue weighted by Gasteiger charge is -2.07. The van der Waals surface area contributed by atoms with E-state index >= 15 is 0 Å². The number of benzene rings is 4. The lowest BCUT2D eigenvalue weighted by molar-refractivity contribution is 0.0950. The first-order chi connectivity index (χ1) is 18.2. The fraction of sp³-hybridized carbons (Fsp3) is 0.0645. The first-order valence-electron chi connectivity index (χ1n) is 12.0. The van der Waals surface area contributed by atoms with Gasteiger partial charge in [-0.25, -0.2) is 5.43 Å². The molecule has 0 saturated heterocycles. The SMILES string of the molecule is CC(=NNC(=O)c1cc(-c2cccc(OCc3ccccc3)c2)n[nH]1)c1ccc(-c2ccccc2)cc1. The Hall–Kier alpha value is -4.97. The number of carbonyl (C=O) groups is 1. The first-order valence-corrected chi connectivity index (χ1v) is 12.0. The summed E-state index contributed by atoms with van der Waals surface area (Å²) in [7, 11) is 0. The van der Waals surface area contributed by atoms with Crippen molar-refractivity contribution in [2.75, 3.05) is 0 Å². The number of amides is 1. The molecule has 0 bridgehead atoms. The number of carbonyl (C=O) groups excluding carboxylic acids is 1. The third-order valence-corrected chi connectivity index (χ3v) is 5.94. The molecule has 1 aromatic heterocycles. The summed E-state index contributed by atoms with van der Waals surface area (Å²) in [5.74, 6) is 0.365. The maximum Gasteiger partial charge on any atom is 0.289 e. The molecule has 0 aliphatic heterocycles. The Morgan fingerprint density at radius 1 is 0.811 bits per heavy atom. The number of ether oxygens (including phenoxy) is 1. The van der Waals surface area contributed by atoms with Crippen LogP contribution in [0.2, 0.25) is 0 Å². The minimum absolute atomic E-state index is 0.321. The molecule has 0 unspecified atom stereocenters. The predicted molar refractivity (Wildman–Crippen MR) is 146 cm³/mol. The Morgan fingerprint density at radius 2 is 1.49 bits per heavy atom. The summed E-state index contributed by atoms with van der Waals surface area (Å²) in [4.78, 5) is 12.7. The number of hydrogen-bond donors (Lipinski definition) is 2. The molecule has 1 heterocycles. The summed E-state index contributed by atoms with van der Waals surface area (Å²) < 4.78 is 5.91. The average molecular weight is 487 g/mol. The van der Waals surface area contributed by atoms with Crippen LogP contribution in [0.5, 0.6) is 5.75 Å². The van der Waals surface area contributed by atoms with Gasteiger partial charge in [0.1, 0.15) is 18.1 Å². The van der Waals surface area contributed by atoms with Crippen molar-refractivity contribution in [1.29, 1.82) is 0 Å². The van der Waals surface area contributed by atoms with Gasteiger partial charge in [0, 0.05) is 5.56 Å². The molecule has 1 amide bonds. The quantitative estimate of drug-likeness (QED) is 0.195. The highest BCUT2D eigenvalue weighted by molar-refractivity contribution is 6.01. The van der Waals surface area contributed by atoms with Crippen molar-refractivity contribution in [3.63, 3.8) is 0 Å². The number of rotatable bonds is 8. The maximum atomic E-state index is 12.7. The number of H-pyrrole nitrogens is 1. The van der Waals surface area contributed by atoms with Crippen LogP contribution in [0.15, 0.2) is 120 Å². The van der Waals surface area contributed by atoms with Crippen LogP contribution in [-0.4, -0.2) is 21.8 Å². The summed E-state index contributed by atoms with van der Waals surface area (Å²) >= 11 is 0. The molecule has 0 radical (unpaired) electrons. The molecule has 6 nitrogen and oxygen atoms in total. The predicted octanol–water partition coefficient (Wildman–Crippen LogP) is 6.48. The topological polar surface area (TPSA) is 79.4 Å². The van der Waals surface area contributed by atoms with Crippen molar-refractivity contribution < 1.29 is 9.53 Å². The molecule has 0 aliphatic rings. The molecule has 0 fully saturated rings. The van der Waals surface area contributed by atoms with Crippen LogP contribution in [0.1, 0.15) is 28.5 Å². The summed E-state index contributed by atoms with van der Waals surface area (Å²) in [6.07, 6.45) is 0. The number of hydrogen-bond acceptors (Lipinski definition) is 4. The van der Waals surface area contributed by atoms with Crippen molar-refractivity contribution in [2.24, 2.45) is 5.10 Å². The average Bonchev–Trinajstić information content (AvgIpc) is 3.47. The van der Waals surface area contributed by atoms with Gasteiger partial charge >= 0.3 is 0 Å². The summed E-state index contributed by atoms with van der Waals surface area (Å²) in [6, 6.07) is 37.6. The highest BCUT2D eigenvalue weighted by Crippen LogP contribution is 2.24. The summed E-state index contributed by atoms with van der Waals surface area (Å²) in [5, 5.41) is 11.4. The largest absolute Gasteiger partial charge is 0.489 e. The van der Waals surface area contributed by atoms with E-state index in [1.165, 1.54) is 0 Å². The van der Waals surface area contributed by atoms with Gasteiger partial charge in [-0.1, -0.05) is 97.1 Å². The Labute approximate surface area is 215 Å². The molecule has 2 N–H and O–H groups in total. The smallest absolute Gasteiger partial charge is 0.289 e. The number of hydrazone groups is 1. The van der Waals surface area contributed by atoms with Crippen LogP contribution in [-0.2, 0) is 6.61 Å². The minimum Gasteiger partial charge on any atom is -0.489 e. The second kappa shape index (κ2) is 11.2. The first kappa shape index (κ1) is 23.8. The zero-order valence-electron chi connectivity index (χ0n) is 20.4. The normalized spacial score (nSPS) is 11.2. The Bertz CT molecular complexity index is 1510. The summed E-state index contributed by atoms with van der Waals surface area (Å²) in [6.45, 7) is 2.34. The molecule has 0 spiro atoms. The Kier molecular flexibility index (Phi) is 7.18. The van der Waals surface area contributed by atoms with E-state index in [1.807, 2.05) is 104 Å². The van der Waals surface area contributed by atoms with Crippen molar-refractivity contribution in [2.45, 2.75) is 13.5 Å². The lowest BCUT2D eigenvalue weighted by atomic mass is 10.0. The molecular weight excluding hydrogens is 460 g/mol. The van der Waals surface area contributed by atoms with Crippen molar-refractivity contribution in [3.8, 4) is 28.1 Å². The number of nitrogens with zero attached hydrogens (tertiary/aromatic N) is 2. The lowest BCUT2D eigenvalue weighted by Crippen LogP contribution is -2.19. The van der Waals surface area contributed by atoms with Crippen LogP contribution >= 0.6 is 0 Å². The monoisotopic (exact) mass is 486 g/mol. The van der Waals surface area contributed by atoms with Gasteiger partial charge in [0.05, 0.1) is 11.4 Å². The van der Waals surface area contributed by atoms with Gasteiger partial charge < -0.3 is 4.74 Å². The van der Waals surface area contributed by atoms with Crippen LogP contribution in [0.3, 0.4) is 0 Å². The highest BCUT2D eigenvalue weighted by Gasteiger charge is 2.12. The van der Waals surface area contributed by atoms with Gasteiger partial charge in [0.15, 0.2) is 0 Å². The van der Waals surface area contributed by atoms with Crippen LogP contribution in [0, 0.1) is 0 Å². The van der Waals surface area contributed by atoms with Crippen molar-refractivity contribution in [3.05, 3.63) is 132 Å². The zero-order valence-corrected chi connectivity index (χ0v) is 20.4. The van der Waals surface area contributed by atoms with Crippen LogP contribution in [0.25, 0.3) is 22.4 Å². The molecule has 0 aliphatic carbocycles. The second-order valence-corrected chi connectivity index (χ2v) is 8.55. The molecule has 37 heavy (non-hydrogen) atoms. The maximum absolute atomic E-state index is 12.7. The van der Waals surface area contributed by atoms with Gasteiger partial charge in [0.25, 0.3) is 5.91 Å². The van der Waals surface area contributed by atoms with Gasteiger partial charge in [0.2, 0.25) is 0 Å². The third-order valence-electron chi connectivity index (χ3n) is 5.94. The van der Waals surface area contributed by atoms with E-state index in [0.717, 1.165) is 33.6 Å². The second-order valence-electron chi connectivity index (χ2n) is 8.55. The fourth-order valence-corrected chi connectivity index (χ4v) is 3.87. The van der Waals surface area contributed by atoms with Gasteiger partial charge in [-0.3, -0.25) is 9.89 Å². The zero-order chi connectivity index (χ0) is 25.5. The highest BCUT2D eigenvalue weighted by atomic mass is 16.5. The summed E-state index contributed by atoms with van der Waals surface area (Å²) in [5.41, 5.74) is 9.43.